The third kappa shape index (κ3) is 2.66. The van der Waals surface area contributed by atoms with E-state index in [0.29, 0.717) is 11.5 Å². The zero-order chi connectivity index (χ0) is 20.8. The first-order valence-corrected chi connectivity index (χ1v) is 9.79. The highest BCUT2D eigenvalue weighted by Gasteiger charge is 2.36. The number of aromatic nitrogens is 2. The van der Waals surface area contributed by atoms with Crippen LogP contribution in [0.15, 0.2) is 72.1 Å². The molecule has 1 aromatic heterocycles. The summed E-state index contributed by atoms with van der Waals surface area (Å²) in [5, 5.41) is 19.7. The van der Waals surface area contributed by atoms with Gasteiger partial charge in [0.1, 0.15) is 11.6 Å². The zero-order valence-electron chi connectivity index (χ0n) is 16.7. The summed E-state index contributed by atoms with van der Waals surface area (Å²) < 4.78 is 5.76. The summed E-state index contributed by atoms with van der Waals surface area (Å²) in [5.74, 6) is 0.139. The van der Waals surface area contributed by atoms with Crippen molar-refractivity contribution in [2.45, 2.75) is 19.8 Å². The second-order valence-corrected chi connectivity index (χ2v) is 7.63. The maximum absolute atomic E-state index is 9.98. The molecule has 0 amide bonds. The molecule has 146 valence electrons. The molecule has 0 saturated carbocycles. The Morgan fingerprint density at radius 1 is 1.07 bits per heavy atom. The molecule has 1 aliphatic rings. The van der Waals surface area contributed by atoms with Gasteiger partial charge in [-0.05, 0) is 35.7 Å². The zero-order valence-corrected chi connectivity index (χ0v) is 16.7. The predicted molar refractivity (Wildman–Crippen MR) is 117 cm³/mol. The Hall–Kier alpha value is -4.04. The lowest BCUT2D eigenvalue weighted by molar-refractivity contribution is 0.379. The molecule has 5 heteroatoms. The molecule has 3 N–H and O–H groups in total. The minimum atomic E-state index is -0.376. The Bertz CT molecular complexity index is 1370. The van der Waals surface area contributed by atoms with Gasteiger partial charge < -0.3 is 10.5 Å². The Balaban J connectivity index is 1.82. The van der Waals surface area contributed by atoms with Crippen LogP contribution in [0.3, 0.4) is 0 Å². The fraction of sp³-hybridized carbons (Fsp3) is 0.120. The molecule has 2 heterocycles. The molecule has 0 aliphatic carbocycles. The standard InChI is InChI=1S/C25H20N4O/c1-14-10-11-17(15(2)12-14)23-22-21(20(13-26)24(27)30-25(22)29-28-23)19-9-5-7-16-6-3-4-8-18(16)19/h3-12,21H,27H2,1-2H3,(H,28,29). The first kappa shape index (κ1) is 18.0. The van der Waals surface area contributed by atoms with E-state index in [0.717, 1.165) is 38.7 Å². The smallest absolute Gasteiger partial charge is 0.244 e. The van der Waals surface area contributed by atoms with Crippen molar-refractivity contribution < 1.29 is 4.74 Å². The second-order valence-electron chi connectivity index (χ2n) is 7.63. The number of hydrogen-bond acceptors (Lipinski definition) is 4. The lowest BCUT2D eigenvalue weighted by Gasteiger charge is -2.25. The van der Waals surface area contributed by atoms with Gasteiger partial charge in [0.05, 0.1) is 17.2 Å². The third-order valence-electron chi connectivity index (χ3n) is 5.72. The number of allylic oxidation sites excluding steroid dienone is 1. The lowest BCUT2D eigenvalue weighted by Crippen LogP contribution is -2.21. The average Bonchev–Trinajstić information content (AvgIpc) is 3.15. The number of aromatic amines is 1. The topological polar surface area (TPSA) is 87.7 Å². The number of aryl methyl sites for hydroxylation is 2. The minimum absolute atomic E-state index is 0.0987. The summed E-state index contributed by atoms with van der Waals surface area (Å²) in [4.78, 5) is 0. The largest absolute Gasteiger partial charge is 0.420 e. The molecule has 0 saturated heterocycles. The van der Waals surface area contributed by atoms with Crippen molar-refractivity contribution >= 4 is 10.8 Å². The number of hydrogen-bond donors (Lipinski definition) is 2. The number of H-pyrrole nitrogens is 1. The van der Waals surface area contributed by atoms with Gasteiger partial charge in [0.25, 0.3) is 0 Å². The van der Waals surface area contributed by atoms with E-state index in [-0.39, 0.29) is 11.8 Å². The van der Waals surface area contributed by atoms with Crippen LogP contribution in [-0.4, -0.2) is 10.2 Å². The SMILES string of the molecule is Cc1ccc(-c2[nH]nc3c2C(c2cccc4ccccc24)C(C#N)=C(N)O3)c(C)c1. The summed E-state index contributed by atoms with van der Waals surface area (Å²) in [7, 11) is 0. The monoisotopic (exact) mass is 392 g/mol. The number of fused-ring (bicyclic) bond motifs is 2. The average molecular weight is 392 g/mol. The van der Waals surface area contributed by atoms with Crippen molar-refractivity contribution in [3.63, 3.8) is 0 Å². The molecule has 1 aliphatic heterocycles. The predicted octanol–water partition coefficient (Wildman–Crippen LogP) is 5.06. The van der Waals surface area contributed by atoms with Crippen LogP contribution < -0.4 is 10.5 Å². The molecular formula is C25H20N4O. The van der Waals surface area contributed by atoms with Crippen molar-refractivity contribution in [3.8, 4) is 23.2 Å². The van der Waals surface area contributed by atoms with Crippen molar-refractivity contribution in [2.24, 2.45) is 5.73 Å². The third-order valence-corrected chi connectivity index (χ3v) is 5.72. The fourth-order valence-electron chi connectivity index (χ4n) is 4.36. The molecule has 5 nitrogen and oxygen atoms in total. The molecule has 0 radical (unpaired) electrons. The van der Waals surface area contributed by atoms with Gasteiger partial charge in [-0.15, -0.1) is 5.10 Å². The van der Waals surface area contributed by atoms with Gasteiger partial charge in [-0.3, -0.25) is 5.10 Å². The van der Waals surface area contributed by atoms with Crippen LogP contribution in [0.1, 0.15) is 28.2 Å². The van der Waals surface area contributed by atoms with Crippen LogP contribution >= 0.6 is 0 Å². The Labute approximate surface area is 174 Å². The molecule has 5 rings (SSSR count). The van der Waals surface area contributed by atoms with E-state index in [1.807, 2.05) is 24.3 Å². The number of nitrogens with one attached hydrogen (secondary N) is 1. The highest BCUT2D eigenvalue weighted by molar-refractivity contribution is 5.88. The molecule has 0 fully saturated rings. The van der Waals surface area contributed by atoms with Gasteiger partial charge in [0.15, 0.2) is 0 Å². The van der Waals surface area contributed by atoms with E-state index >= 15 is 0 Å². The lowest BCUT2D eigenvalue weighted by atomic mass is 9.80. The molecule has 1 atom stereocenters. The number of rotatable bonds is 2. The van der Waals surface area contributed by atoms with Gasteiger partial charge in [0.2, 0.25) is 11.8 Å². The summed E-state index contributed by atoms with van der Waals surface area (Å²) in [6.07, 6.45) is 0. The van der Waals surface area contributed by atoms with E-state index in [2.05, 4.69) is 66.5 Å². The Morgan fingerprint density at radius 3 is 2.67 bits per heavy atom. The molecule has 4 aromatic rings. The molecule has 0 spiro atoms. The quantitative estimate of drug-likeness (QED) is 0.499. The minimum Gasteiger partial charge on any atom is -0.420 e. The molecule has 1 unspecified atom stereocenters. The van der Waals surface area contributed by atoms with Crippen LogP contribution in [0, 0.1) is 25.2 Å². The van der Waals surface area contributed by atoms with Gasteiger partial charge in [0, 0.05) is 5.56 Å². The number of nitrogens with zero attached hydrogens (tertiary/aromatic N) is 2. The molecule has 3 aromatic carbocycles. The van der Waals surface area contributed by atoms with E-state index in [1.54, 1.807) is 0 Å². The highest BCUT2D eigenvalue weighted by atomic mass is 16.5. The second kappa shape index (κ2) is 6.78. The van der Waals surface area contributed by atoms with Crippen molar-refractivity contribution in [2.75, 3.05) is 0 Å². The van der Waals surface area contributed by atoms with Crippen LogP contribution in [0.5, 0.6) is 5.88 Å². The van der Waals surface area contributed by atoms with E-state index < -0.39 is 0 Å². The molecule has 30 heavy (non-hydrogen) atoms. The van der Waals surface area contributed by atoms with Crippen molar-refractivity contribution in [1.82, 2.24) is 10.2 Å². The summed E-state index contributed by atoms with van der Waals surface area (Å²) in [6.45, 7) is 4.14. The maximum Gasteiger partial charge on any atom is 0.244 e. The summed E-state index contributed by atoms with van der Waals surface area (Å²) in [5.41, 5.74) is 12.6. The highest BCUT2D eigenvalue weighted by Crippen LogP contribution is 2.47. The van der Waals surface area contributed by atoms with Crippen LogP contribution in [-0.2, 0) is 0 Å². The van der Waals surface area contributed by atoms with Crippen LogP contribution in [0.4, 0.5) is 0 Å². The number of nitriles is 1. The normalized spacial score (nSPS) is 15.6. The van der Waals surface area contributed by atoms with E-state index in [9.17, 15) is 5.26 Å². The Morgan fingerprint density at radius 2 is 1.87 bits per heavy atom. The van der Waals surface area contributed by atoms with Crippen molar-refractivity contribution in [1.29, 1.82) is 5.26 Å². The number of benzene rings is 3. The van der Waals surface area contributed by atoms with Gasteiger partial charge in [-0.1, -0.05) is 66.2 Å². The van der Waals surface area contributed by atoms with Crippen LogP contribution in [0.2, 0.25) is 0 Å². The van der Waals surface area contributed by atoms with E-state index in [4.69, 9.17) is 10.5 Å². The van der Waals surface area contributed by atoms with Crippen LogP contribution in [0.25, 0.3) is 22.0 Å². The summed E-state index contributed by atoms with van der Waals surface area (Å²) in [6, 6.07) is 22.8. The number of ether oxygens (including phenoxy) is 1. The Kier molecular flexibility index (Phi) is 4.07. The molecular weight excluding hydrogens is 372 g/mol. The first-order valence-electron chi connectivity index (χ1n) is 9.79. The number of nitrogens with two attached hydrogens (primary N) is 1. The fourth-order valence-corrected chi connectivity index (χ4v) is 4.36. The summed E-state index contributed by atoms with van der Waals surface area (Å²) >= 11 is 0. The van der Waals surface area contributed by atoms with Gasteiger partial charge in [-0.2, -0.15) is 5.26 Å². The van der Waals surface area contributed by atoms with Crippen molar-refractivity contribution in [3.05, 3.63) is 94.4 Å². The van der Waals surface area contributed by atoms with Gasteiger partial charge >= 0.3 is 0 Å². The maximum atomic E-state index is 9.98. The molecule has 0 bridgehead atoms. The first-order chi connectivity index (χ1) is 14.6. The van der Waals surface area contributed by atoms with E-state index in [1.165, 1.54) is 5.56 Å². The van der Waals surface area contributed by atoms with Gasteiger partial charge in [-0.25, -0.2) is 0 Å².